The molecule has 2 aliphatic carbocycles. The number of benzene rings is 7. The van der Waals surface area contributed by atoms with E-state index in [4.69, 9.17) is 0 Å². The first-order valence-electron chi connectivity index (χ1n) is 19.3. The van der Waals surface area contributed by atoms with Gasteiger partial charge in [0.05, 0.1) is 11.0 Å². The molecule has 2 atom stereocenters. The molecular weight excluding hydrogens is 641 g/mol. The SMILES string of the molecule is CC1(c2cccc(N(c3ccc(-c4cccc(-n5c6ccccc6c6ccccc65)c4)cc3)c3cccc(-c4ccccc4)c3)c2)C[C@@H]2CC[C@H](C2)C1. The van der Waals surface area contributed by atoms with E-state index in [0.29, 0.717) is 0 Å². The lowest BCUT2D eigenvalue weighted by Crippen LogP contribution is -2.30. The van der Waals surface area contributed by atoms with Gasteiger partial charge < -0.3 is 9.47 Å². The summed E-state index contributed by atoms with van der Waals surface area (Å²) >= 11 is 0. The first kappa shape index (κ1) is 31.8. The number of fused-ring (bicyclic) bond motifs is 5. The molecular formula is C51H44N2. The number of hydrogen-bond acceptors (Lipinski definition) is 1. The molecule has 2 aliphatic rings. The van der Waals surface area contributed by atoms with Gasteiger partial charge in [0.25, 0.3) is 0 Å². The van der Waals surface area contributed by atoms with Crippen molar-refractivity contribution < 1.29 is 0 Å². The molecule has 0 aliphatic heterocycles. The third-order valence-electron chi connectivity index (χ3n) is 12.3. The van der Waals surface area contributed by atoms with E-state index < -0.39 is 0 Å². The van der Waals surface area contributed by atoms with Crippen LogP contribution in [0.5, 0.6) is 0 Å². The molecule has 0 N–H and O–H groups in total. The van der Waals surface area contributed by atoms with Crippen molar-refractivity contribution in [2.75, 3.05) is 4.90 Å². The Morgan fingerprint density at radius 1 is 0.472 bits per heavy atom. The average molecular weight is 685 g/mol. The zero-order chi connectivity index (χ0) is 35.4. The second-order valence-corrected chi connectivity index (χ2v) is 15.8. The van der Waals surface area contributed by atoms with E-state index in [9.17, 15) is 0 Å². The van der Waals surface area contributed by atoms with Gasteiger partial charge in [-0.3, -0.25) is 0 Å². The van der Waals surface area contributed by atoms with Gasteiger partial charge in [-0.1, -0.05) is 135 Å². The van der Waals surface area contributed by atoms with Crippen molar-refractivity contribution in [3.63, 3.8) is 0 Å². The Hall–Kier alpha value is -5.86. The number of anilines is 3. The normalized spacial score (nSPS) is 19.5. The second kappa shape index (κ2) is 13.0. The molecule has 7 aromatic carbocycles. The lowest BCUT2D eigenvalue weighted by molar-refractivity contribution is 0.232. The van der Waals surface area contributed by atoms with Crippen LogP contribution in [0.15, 0.2) is 176 Å². The highest BCUT2D eigenvalue weighted by Gasteiger charge is 2.42. The number of aromatic nitrogens is 1. The summed E-state index contributed by atoms with van der Waals surface area (Å²) in [6, 6.07) is 64.8. The molecule has 0 saturated heterocycles. The minimum absolute atomic E-state index is 0.225. The molecule has 2 heteroatoms. The standard InChI is InChI=1S/C51H44N2/c1-51(34-36-24-25-37(30-36)35-51)42-16-11-19-46(33-42)52(44-17-9-14-40(31-44)38-12-3-2-4-13-38)43-28-26-39(27-29-43)41-15-10-18-45(32-41)53-49-22-7-5-20-47(49)48-21-6-8-23-50(48)53/h2-23,26-29,31-33,36-37H,24-25,30,34-35H2,1H3/t36-,37-/m1/s1. The molecule has 53 heavy (non-hydrogen) atoms. The summed E-state index contributed by atoms with van der Waals surface area (Å²) < 4.78 is 2.40. The van der Waals surface area contributed by atoms with Gasteiger partial charge in [0.1, 0.15) is 0 Å². The molecule has 0 amide bonds. The van der Waals surface area contributed by atoms with Crippen LogP contribution in [0.4, 0.5) is 17.1 Å². The summed E-state index contributed by atoms with van der Waals surface area (Å²) in [7, 11) is 0. The van der Waals surface area contributed by atoms with E-state index >= 15 is 0 Å². The van der Waals surface area contributed by atoms with Gasteiger partial charge in [0.15, 0.2) is 0 Å². The molecule has 10 rings (SSSR count). The van der Waals surface area contributed by atoms with Crippen LogP contribution in [0.25, 0.3) is 49.7 Å². The minimum atomic E-state index is 0.225. The Balaban J connectivity index is 1.05. The van der Waals surface area contributed by atoms with Crippen molar-refractivity contribution >= 4 is 38.9 Å². The Bertz CT molecular complexity index is 2510. The lowest BCUT2D eigenvalue weighted by Gasteiger charge is -2.39. The highest BCUT2D eigenvalue weighted by atomic mass is 15.1. The molecule has 0 unspecified atom stereocenters. The molecule has 2 nitrogen and oxygen atoms in total. The topological polar surface area (TPSA) is 8.17 Å². The van der Waals surface area contributed by atoms with Gasteiger partial charge in [-0.2, -0.15) is 0 Å². The summed E-state index contributed by atoms with van der Waals surface area (Å²) in [4.78, 5) is 2.45. The fraction of sp³-hybridized carbons (Fsp3) is 0.176. The molecule has 8 aromatic rings. The summed E-state index contributed by atoms with van der Waals surface area (Å²) in [5.74, 6) is 1.75. The average Bonchev–Trinajstić information content (AvgIpc) is 3.75. The first-order chi connectivity index (χ1) is 26.1. The third-order valence-corrected chi connectivity index (χ3v) is 12.3. The third kappa shape index (κ3) is 5.74. The molecule has 258 valence electrons. The maximum absolute atomic E-state index is 2.53. The molecule has 2 saturated carbocycles. The second-order valence-electron chi connectivity index (χ2n) is 15.8. The van der Waals surface area contributed by atoms with Crippen LogP contribution in [0.1, 0.15) is 44.6 Å². The van der Waals surface area contributed by atoms with Crippen molar-refractivity contribution in [2.45, 2.75) is 44.4 Å². The summed E-state index contributed by atoms with van der Waals surface area (Å²) in [6.07, 6.45) is 6.86. The number of rotatable bonds is 7. The smallest absolute Gasteiger partial charge is 0.0541 e. The quantitative estimate of drug-likeness (QED) is 0.162. The van der Waals surface area contributed by atoms with Gasteiger partial charge in [-0.05, 0) is 125 Å². The van der Waals surface area contributed by atoms with E-state index in [0.717, 1.165) is 17.5 Å². The Kier molecular flexibility index (Phi) is 7.79. The van der Waals surface area contributed by atoms with E-state index in [-0.39, 0.29) is 5.41 Å². The predicted octanol–water partition coefficient (Wildman–Crippen LogP) is 14.1. The lowest BCUT2D eigenvalue weighted by atomic mass is 9.66. The van der Waals surface area contributed by atoms with Crippen LogP contribution in [0.2, 0.25) is 0 Å². The molecule has 2 fully saturated rings. The maximum atomic E-state index is 2.53. The predicted molar refractivity (Wildman–Crippen MR) is 224 cm³/mol. The van der Waals surface area contributed by atoms with Gasteiger partial charge in [-0.15, -0.1) is 0 Å². The van der Waals surface area contributed by atoms with Crippen molar-refractivity contribution in [2.24, 2.45) is 11.8 Å². The highest BCUT2D eigenvalue weighted by molar-refractivity contribution is 6.09. The fourth-order valence-electron chi connectivity index (χ4n) is 9.89. The van der Waals surface area contributed by atoms with E-state index in [2.05, 4.69) is 192 Å². The highest BCUT2D eigenvalue weighted by Crippen LogP contribution is 2.52. The molecule has 0 spiro atoms. The minimum Gasteiger partial charge on any atom is -0.310 e. The zero-order valence-electron chi connectivity index (χ0n) is 30.3. The van der Waals surface area contributed by atoms with Crippen LogP contribution >= 0.6 is 0 Å². The van der Waals surface area contributed by atoms with E-state index in [1.807, 2.05) is 0 Å². The monoisotopic (exact) mass is 684 g/mol. The van der Waals surface area contributed by atoms with Crippen LogP contribution in [0, 0.1) is 11.8 Å². The van der Waals surface area contributed by atoms with Crippen molar-refractivity contribution in [1.82, 2.24) is 4.57 Å². The van der Waals surface area contributed by atoms with E-state index in [1.54, 1.807) is 0 Å². The van der Waals surface area contributed by atoms with Crippen molar-refractivity contribution in [3.8, 4) is 27.9 Å². The van der Waals surface area contributed by atoms with Crippen LogP contribution in [-0.4, -0.2) is 4.57 Å². The summed E-state index contributed by atoms with van der Waals surface area (Å²) in [5.41, 5.74) is 13.7. The van der Waals surface area contributed by atoms with Gasteiger partial charge in [0, 0.05) is 33.5 Å². The number of hydrogen-bond donors (Lipinski definition) is 0. The Labute approximate surface area is 313 Å². The molecule has 0 radical (unpaired) electrons. The number of para-hydroxylation sites is 2. The van der Waals surface area contributed by atoms with Crippen LogP contribution < -0.4 is 4.90 Å². The molecule has 1 heterocycles. The van der Waals surface area contributed by atoms with Crippen LogP contribution in [0.3, 0.4) is 0 Å². The van der Waals surface area contributed by atoms with Crippen molar-refractivity contribution in [1.29, 1.82) is 0 Å². The summed E-state index contributed by atoms with van der Waals surface area (Å²) in [5, 5.41) is 2.56. The summed E-state index contributed by atoms with van der Waals surface area (Å²) in [6.45, 7) is 2.53. The molecule has 1 aromatic heterocycles. The molecule has 2 bridgehead atoms. The van der Waals surface area contributed by atoms with Crippen molar-refractivity contribution in [3.05, 3.63) is 181 Å². The van der Waals surface area contributed by atoms with Gasteiger partial charge in [-0.25, -0.2) is 0 Å². The van der Waals surface area contributed by atoms with E-state index in [1.165, 1.54) is 98.8 Å². The maximum Gasteiger partial charge on any atom is 0.0541 e. The van der Waals surface area contributed by atoms with Gasteiger partial charge in [0.2, 0.25) is 0 Å². The Morgan fingerprint density at radius 2 is 1.02 bits per heavy atom. The zero-order valence-corrected chi connectivity index (χ0v) is 30.3. The fourth-order valence-corrected chi connectivity index (χ4v) is 9.89. The first-order valence-corrected chi connectivity index (χ1v) is 19.3. The van der Waals surface area contributed by atoms with Crippen LogP contribution in [-0.2, 0) is 5.41 Å². The van der Waals surface area contributed by atoms with Gasteiger partial charge >= 0.3 is 0 Å². The largest absolute Gasteiger partial charge is 0.310 e. The Morgan fingerprint density at radius 3 is 1.72 bits per heavy atom. The number of nitrogens with zero attached hydrogens (tertiary/aromatic N) is 2.